The van der Waals surface area contributed by atoms with Gasteiger partial charge in [-0.05, 0) is 52.7 Å². The summed E-state index contributed by atoms with van der Waals surface area (Å²) in [6.45, 7) is 5.27. The summed E-state index contributed by atoms with van der Waals surface area (Å²) in [6.07, 6.45) is 0. The molecule has 2 rings (SSSR count). The Morgan fingerprint density at radius 3 is 2.64 bits per heavy atom. The highest BCUT2D eigenvalue weighted by molar-refractivity contribution is 9.10. The molecule has 0 spiro atoms. The Kier molecular flexibility index (Phi) is 10.0. The number of nitrogens with one attached hydrogen (secondary N) is 2. The summed E-state index contributed by atoms with van der Waals surface area (Å²) in [7, 11) is 0. The van der Waals surface area contributed by atoms with E-state index in [4.69, 9.17) is 26.2 Å². The Morgan fingerprint density at radius 2 is 1.93 bits per heavy atom. The first-order valence-electron chi connectivity index (χ1n) is 9.10. The van der Waals surface area contributed by atoms with E-state index in [1.54, 1.807) is 12.1 Å². The molecule has 0 bridgehead atoms. The van der Waals surface area contributed by atoms with Crippen molar-refractivity contribution < 1.29 is 19.0 Å². The minimum absolute atomic E-state index is 0.00168. The Hall–Kier alpha value is -1.38. The lowest BCUT2D eigenvalue weighted by Gasteiger charge is -2.16. The molecule has 0 aliphatic carbocycles. The number of aliphatic hydroxyl groups is 1. The zero-order valence-corrected chi connectivity index (χ0v) is 18.1. The van der Waals surface area contributed by atoms with Crippen LogP contribution in [0.3, 0.4) is 0 Å². The lowest BCUT2D eigenvalue weighted by molar-refractivity contribution is 0.264. The molecule has 2 aromatic carbocycles. The van der Waals surface area contributed by atoms with E-state index in [0.29, 0.717) is 41.8 Å². The minimum Gasteiger partial charge on any atom is -0.490 e. The Morgan fingerprint density at radius 1 is 1.14 bits per heavy atom. The number of hydrogen-bond acceptors (Lipinski definition) is 5. The maximum atomic E-state index is 14.0. The second-order valence-electron chi connectivity index (χ2n) is 5.98. The van der Waals surface area contributed by atoms with Gasteiger partial charge in [-0.3, -0.25) is 0 Å². The fourth-order valence-corrected chi connectivity index (χ4v) is 3.38. The predicted octanol–water partition coefficient (Wildman–Crippen LogP) is 3.89. The molecule has 0 aliphatic heterocycles. The molecule has 0 aromatic heterocycles. The number of rotatable bonds is 12. The molecule has 0 radical (unpaired) electrons. The molecule has 154 valence electrons. The van der Waals surface area contributed by atoms with Crippen molar-refractivity contribution in [3.63, 3.8) is 0 Å². The van der Waals surface area contributed by atoms with Crippen LogP contribution in [0.25, 0.3) is 0 Å². The number of aliphatic hydroxyl groups excluding tert-OH is 1. The lowest BCUT2D eigenvalue weighted by Crippen LogP contribution is -2.28. The average Bonchev–Trinajstić information content (AvgIpc) is 2.66. The zero-order valence-electron chi connectivity index (χ0n) is 15.7. The fraction of sp³-hybridized carbons (Fsp3) is 0.400. The van der Waals surface area contributed by atoms with Crippen molar-refractivity contribution in [2.45, 2.75) is 20.1 Å². The van der Waals surface area contributed by atoms with E-state index in [1.807, 2.05) is 19.1 Å². The van der Waals surface area contributed by atoms with Crippen molar-refractivity contribution in [2.75, 3.05) is 32.8 Å². The fourth-order valence-electron chi connectivity index (χ4n) is 2.55. The number of benzene rings is 2. The summed E-state index contributed by atoms with van der Waals surface area (Å²) in [5.41, 5.74) is 1.33. The highest BCUT2D eigenvalue weighted by atomic mass is 79.9. The number of hydrogen-bond donors (Lipinski definition) is 3. The Bertz CT molecular complexity index is 744. The summed E-state index contributed by atoms with van der Waals surface area (Å²) in [5.74, 6) is 0.686. The van der Waals surface area contributed by atoms with Gasteiger partial charge >= 0.3 is 0 Å². The summed E-state index contributed by atoms with van der Waals surface area (Å²) in [4.78, 5) is 0. The first kappa shape index (κ1) is 22.9. The van der Waals surface area contributed by atoms with E-state index in [2.05, 4.69) is 26.6 Å². The molecule has 8 heteroatoms. The monoisotopic (exact) mass is 474 g/mol. The highest BCUT2D eigenvalue weighted by Gasteiger charge is 2.15. The molecule has 0 atom stereocenters. The molecule has 0 amide bonds. The molecular formula is C20H25BrClFN2O3. The third kappa shape index (κ3) is 6.90. The van der Waals surface area contributed by atoms with E-state index in [9.17, 15) is 4.39 Å². The van der Waals surface area contributed by atoms with Crippen molar-refractivity contribution in [3.8, 4) is 11.5 Å². The molecule has 0 unspecified atom stereocenters. The van der Waals surface area contributed by atoms with Crippen LogP contribution in [-0.4, -0.2) is 38.0 Å². The molecule has 0 saturated carbocycles. The minimum atomic E-state index is -0.405. The average molecular weight is 476 g/mol. The summed E-state index contributed by atoms with van der Waals surface area (Å²) in [6, 6.07) is 8.39. The lowest BCUT2D eigenvalue weighted by atomic mass is 10.2. The first-order chi connectivity index (χ1) is 13.6. The topological polar surface area (TPSA) is 62.8 Å². The van der Waals surface area contributed by atoms with Crippen molar-refractivity contribution in [1.82, 2.24) is 10.6 Å². The molecule has 28 heavy (non-hydrogen) atoms. The standard InChI is InChI=1S/C20H25BrClFN2O3/c1-2-27-19-11-14(12-25-7-6-24-8-9-26)10-16(21)20(19)28-13-15-17(22)4-3-5-18(15)23/h3-5,10-11,24-26H,2,6-9,12-13H2,1H3. The van der Waals surface area contributed by atoms with Gasteiger partial charge in [-0.25, -0.2) is 4.39 Å². The predicted molar refractivity (Wildman–Crippen MR) is 113 cm³/mol. The van der Waals surface area contributed by atoms with Gasteiger partial charge in [0.1, 0.15) is 12.4 Å². The van der Waals surface area contributed by atoms with Gasteiger partial charge < -0.3 is 25.2 Å². The molecule has 0 saturated heterocycles. The van der Waals surface area contributed by atoms with Crippen LogP contribution in [0.1, 0.15) is 18.1 Å². The third-order valence-corrected chi connectivity index (χ3v) is 4.83. The van der Waals surface area contributed by atoms with Crippen LogP contribution in [0.5, 0.6) is 11.5 Å². The molecule has 0 fully saturated rings. The molecule has 0 heterocycles. The van der Waals surface area contributed by atoms with Crippen LogP contribution >= 0.6 is 27.5 Å². The van der Waals surface area contributed by atoms with E-state index in [-0.39, 0.29) is 13.2 Å². The van der Waals surface area contributed by atoms with Crippen molar-refractivity contribution in [2.24, 2.45) is 0 Å². The van der Waals surface area contributed by atoms with Gasteiger partial charge in [-0.15, -0.1) is 0 Å². The van der Waals surface area contributed by atoms with Crippen LogP contribution in [-0.2, 0) is 13.2 Å². The summed E-state index contributed by atoms with van der Waals surface area (Å²) < 4.78 is 26.3. The van der Waals surface area contributed by atoms with Crippen LogP contribution in [0.15, 0.2) is 34.8 Å². The first-order valence-corrected chi connectivity index (χ1v) is 10.3. The van der Waals surface area contributed by atoms with Gasteiger partial charge in [-0.2, -0.15) is 0 Å². The molecule has 5 nitrogen and oxygen atoms in total. The normalized spacial score (nSPS) is 10.9. The maximum Gasteiger partial charge on any atom is 0.175 e. The quantitative estimate of drug-likeness (QED) is 0.407. The van der Waals surface area contributed by atoms with Crippen LogP contribution in [0, 0.1) is 5.82 Å². The van der Waals surface area contributed by atoms with Crippen molar-refractivity contribution in [1.29, 1.82) is 0 Å². The van der Waals surface area contributed by atoms with Gasteiger partial charge in [0.2, 0.25) is 0 Å². The largest absolute Gasteiger partial charge is 0.490 e. The summed E-state index contributed by atoms with van der Waals surface area (Å²) in [5, 5.41) is 15.5. The van der Waals surface area contributed by atoms with Crippen molar-refractivity contribution in [3.05, 3.63) is 56.8 Å². The smallest absolute Gasteiger partial charge is 0.175 e. The summed E-state index contributed by atoms with van der Waals surface area (Å²) >= 11 is 9.60. The molecule has 0 aliphatic rings. The van der Waals surface area contributed by atoms with Crippen LogP contribution in [0.2, 0.25) is 5.02 Å². The van der Waals surface area contributed by atoms with E-state index in [0.717, 1.165) is 23.1 Å². The van der Waals surface area contributed by atoms with Gasteiger partial charge in [0.15, 0.2) is 11.5 Å². The van der Waals surface area contributed by atoms with Gasteiger partial charge in [0, 0.05) is 31.7 Å². The second kappa shape index (κ2) is 12.2. The van der Waals surface area contributed by atoms with Gasteiger partial charge in [-0.1, -0.05) is 17.7 Å². The highest BCUT2D eigenvalue weighted by Crippen LogP contribution is 2.38. The second-order valence-corrected chi connectivity index (χ2v) is 7.24. The number of halogens is 3. The van der Waals surface area contributed by atoms with Gasteiger partial charge in [0.05, 0.1) is 22.7 Å². The third-order valence-electron chi connectivity index (χ3n) is 3.89. The van der Waals surface area contributed by atoms with Crippen LogP contribution < -0.4 is 20.1 Å². The van der Waals surface area contributed by atoms with E-state index >= 15 is 0 Å². The molecule has 2 aromatic rings. The molecule has 3 N–H and O–H groups in total. The zero-order chi connectivity index (χ0) is 20.4. The molecular weight excluding hydrogens is 451 g/mol. The van der Waals surface area contributed by atoms with Crippen LogP contribution in [0.4, 0.5) is 4.39 Å². The Labute approximate surface area is 178 Å². The Balaban J connectivity index is 2.05. The van der Waals surface area contributed by atoms with E-state index < -0.39 is 5.82 Å². The van der Waals surface area contributed by atoms with Crippen molar-refractivity contribution >= 4 is 27.5 Å². The van der Waals surface area contributed by atoms with E-state index in [1.165, 1.54) is 6.07 Å². The SMILES string of the molecule is CCOc1cc(CNCCNCCO)cc(Br)c1OCc1c(F)cccc1Cl. The maximum absolute atomic E-state index is 14.0. The van der Waals surface area contributed by atoms with Gasteiger partial charge in [0.25, 0.3) is 0 Å². The number of ether oxygens (including phenoxy) is 2.